The first-order chi connectivity index (χ1) is 10.0. The van der Waals surface area contributed by atoms with Gasteiger partial charge in [-0.25, -0.2) is 0 Å². The van der Waals surface area contributed by atoms with Crippen molar-refractivity contribution in [2.75, 3.05) is 48.7 Å². The molecule has 1 fully saturated rings. The van der Waals surface area contributed by atoms with Crippen LogP contribution in [0.5, 0.6) is 0 Å². The van der Waals surface area contributed by atoms with E-state index in [1.54, 1.807) is 0 Å². The topological polar surface area (TPSA) is 61.6 Å². The third kappa shape index (κ3) is 3.88. The second-order valence-corrected chi connectivity index (χ2v) is 5.84. The van der Waals surface area contributed by atoms with Crippen LogP contribution in [0.25, 0.3) is 0 Å². The van der Waals surface area contributed by atoms with Gasteiger partial charge in [0.2, 0.25) is 5.91 Å². The normalized spacial score (nSPS) is 16.3. The van der Waals surface area contributed by atoms with Crippen molar-refractivity contribution < 1.29 is 4.79 Å². The fourth-order valence-electron chi connectivity index (χ4n) is 2.51. The highest BCUT2D eigenvalue weighted by atomic mass is 16.1. The summed E-state index contributed by atoms with van der Waals surface area (Å²) in [7, 11) is 0. The molecule has 1 amide bonds. The number of likely N-dealkylation sites (N-methyl/N-ethyl adjacent to an activating group) is 1. The van der Waals surface area contributed by atoms with Crippen LogP contribution in [-0.2, 0) is 4.79 Å². The van der Waals surface area contributed by atoms with Gasteiger partial charge in [0.1, 0.15) is 0 Å². The van der Waals surface area contributed by atoms with Crippen LogP contribution in [0.1, 0.15) is 20.8 Å². The average Bonchev–Trinajstić information content (AvgIpc) is 2.47. The van der Waals surface area contributed by atoms with Crippen LogP contribution in [0.2, 0.25) is 0 Å². The molecule has 0 spiro atoms. The van der Waals surface area contributed by atoms with Crippen LogP contribution in [0.4, 0.5) is 17.1 Å². The first-order valence-corrected chi connectivity index (χ1v) is 7.69. The summed E-state index contributed by atoms with van der Waals surface area (Å²) in [5.74, 6) is -0.0229. The second-order valence-electron chi connectivity index (χ2n) is 5.84. The Morgan fingerprint density at radius 3 is 2.52 bits per heavy atom. The lowest BCUT2D eigenvalue weighted by Gasteiger charge is -2.36. The van der Waals surface area contributed by atoms with E-state index >= 15 is 0 Å². The van der Waals surface area contributed by atoms with E-state index in [0.29, 0.717) is 5.69 Å². The van der Waals surface area contributed by atoms with Crippen LogP contribution >= 0.6 is 0 Å². The largest absolute Gasteiger partial charge is 0.399 e. The van der Waals surface area contributed by atoms with Gasteiger partial charge in [0.25, 0.3) is 0 Å². The number of nitrogens with zero attached hydrogens (tertiary/aromatic N) is 2. The molecule has 0 radical (unpaired) electrons. The summed E-state index contributed by atoms with van der Waals surface area (Å²) >= 11 is 0. The van der Waals surface area contributed by atoms with E-state index in [4.69, 9.17) is 5.73 Å². The van der Waals surface area contributed by atoms with E-state index in [0.717, 1.165) is 44.1 Å². The summed E-state index contributed by atoms with van der Waals surface area (Å²) in [5, 5.41) is 3.00. The number of nitrogen functional groups attached to an aromatic ring is 1. The molecular formula is C16H26N4O. The van der Waals surface area contributed by atoms with E-state index < -0.39 is 0 Å². The van der Waals surface area contributed by atoms with E-state index in [9.17, 15) is 4.79 Å². The van der Waals surface area contributed by atoms with E-state index in [1.807, 2.05) is 32.0 Å². The number of amides is 1. The van der Waals surface area contributed by atoms with Crippen LogP contribution in [0.15, 0.2) is 18.2 Å². The van der Waals surface area contributed by atoms with Crippen LogP contribution in [0, 0.1) is 5.92 Å². The van der Waals surface area contributed by atoms with Crippen molar-refractivity contribution in [3.8, 4) is 0 Å². The van der Waals surface area contributed by atoms with Gasteiger partial charge in [0.05, 0.1) is 11.4 Å². The minimum absolute atomic E-state index is 0.0223. The smallest absolute Gasteiger partial charge is 0.226 e. The second kappa shape index (κ2) is 6.80. The molecule has 2 rings (SSSR count). The highest BCUT2D eigenvalue weighted by Crippen LogP contribution is 2.29. The summed E-state index contributed by atoms with van der Waals surface area (Å²) in [5.41, 5.74) is 8.43. The molecule has 0 aromatic heterocycles. The lowest BCUT2D eigenvalue weighted by Crippen LogP contribution is -2.46. The van der Waals surface area contributed by atoms with Gasteiger partial charge in [-0.05, 0) is 24.7 Å². The van der Waals surface area contributed by atoms with Gasteiger partial charge in [-0.1, -0.05) is 20.8 Å². The van der Waals surface area contributed by atoms with Gasteiger partial charge in [-0.15, -0.1) is 0 Å². The molecule has 5 nitrogen and oxygen atoms in total. The molecule has 1 saturated heterocycles. The van der Waals surface area contributed by atoms with Crippen LogP contribution < -0.4 is 16.0 Å². The molecule has 0 unspecified atom stereocenters. The van der Waals surface area contributed by atoms with E-state index in [1.165, 1.54) is 0 Å². The molecule has 5 heteroatoms. The average molecular weight is 290 g/mol. The Morgan fingerprint density at radius 1 is 1.29 bits per heavy atom. The maximum Gasteiger partial charge on any atom is 0.226 e. The summed E-state index contributed by atoms with van der Waals surface area (Å²) in [6.07, 6.45) is 0. The molecule has 0 saturated carbocycles. The highest BCUT2D eigenvalue weighted by molar-refractivity contribution is 5.96. The number of nitrogens with two attached hydrogens (primary N) is 1. The molecule has 3 N–H and O–H groups in total. The molecule has 1 aromatic rings. The van der Waals surface area contributed by atoms with Gasteiger partial charge in [0, 0.05) is 37.8 Å². The minimum atomic E-state index is -0.0452. The monoisotopic (exact) mass is 290 g/mol. The van der Waals surface area contributed by atoms with Gasteiger partial charge >= 0.3 is 0 Å². The molecule has 0 aliphatic carbocycles. The molecule has 1 heterocycles. The Bertz CT molecular complexity index is 493. The number of carbonyl (C=O) groups is 1. The number of hydrogen-bond acceptors (Lipinski definition) is 4. The highest BCUT2D eigenvalue weighted by Gasteiger charge is 2.19. The fourth-order valence-corrected chi connectivity index (χ4v) is 2.51. The lowest BCUT2D eigenvalue weighted by molar-refractivity contribution is -0.118. The number of carbonyl (C=O) groups excluding carboxylic acids is 1. The van der Waals surface area contributed by atoms with Gasteiger partial charge < -0.3 is 20.9 Å². The maximum atomic E-state index is 12.0. The van der Waals surface area contributed by atoms with Crippen molar-refractivity contribution in [3.05, 3.63) is 18.2 Å². The van der Waals surface area contributed by atoms with Crippen molar-refractivity contribution in [2.45, 2.75) is 20.8 Å². The van der Waals surface area contributed by atoms with E-state index in [2.05, 4.69) is 22.0 Å². The molecular weight excluding hydrogens is 264 g/mol. The third-order valence-electron chi connectivity index (χ3n) is 3.96. The first-order valence-electron chi connectivity index (χ1n) is 7.69. The zero-order chi connectivity index (χ0) is 15.4. The van der Waals surface area contributed by atoms with Crippen LogP contribution in [-0.4, -0.2) is 43.5 Å². The predicted molar refractivity (Wildman–Crippen MR) is 88.6 cm³/mol. The van der Waals surface area contributed by atoms with E-state index in [-0.39, 0.29) is 11.8 Å². The molecule has 0 bridgehead atoms. The third-order valence-corrected chi connectivity index (χ3v) is 3.96. The summed E-state index contributed by atoms with van der Waals surface area (Å²) < 4.78 is 0. The number of piperazine rings is 1. The van der Waals surface area contributed by atoms with Gasteiger partial charge in [-0.3, -0.25) is 4.79 Å². The predicted octanol–water partition coefficient (Wildman–Crippen LogP) is 2.01. The number of nitrogens with one attached hydrogen (secondary N) is 1. The molecule has 0 atom stereocenters. The summed E-state index contributed by atoms with van der Waals surface area (Å²) in [6, 6.07) is 5.75. The number of rotatable bonds is 4. The molecule has 1 aliphatic rings. The summed E-state index contributed by atoms with van der Waals surface area (Å²) in [6.45, 7) is 11.1. The Labute approximate surface area is 127 Å². The quantitative estimate of drug-likeness (QED) is 0.833. The van der Waals surface area contributed by atoms with Crippen molar-refractivity contribution >= 4 is 23.0 Å². The van der Waals surface area contributed by atoms with Crippen molar-refractivity contribution in [2.24, 2.45) is 5.92 Å². The number of anilines is 3. The molecule has 1 aromatic carbocycles. The first kappa shape index (κ1) is 15.6. The van der Waals surface area contributed by atoms with Crippen molar-refractivity contribution in [1.29, 1.82) is 0 Å². The zero-order valence-corrected chi connectivity index (χ0v) is 13.2. The van der Waals surface area contributed by atoms with Crippen molar-refractivity contribution in [1.82, 2.24) is 4.90 Å². The minimum Gasteiger partial charge on any atom is -0.399 e. The lowest BCUT2D eigenvalue weighted by atomic mass is 10.1. The summed E-state index contributed by atoms with van der Waals surface area (Å²) in [4.78, 5) is 16.7. The Kier molecular flexibility index (Phi) is 5.07. The Morgan fingerprint density at radius 2 is 1.95 bits per heavy atom. The molecule has 21 heavy (non-hydrogen) atoms. The Hall–Kier alpha value is -1.75. The maximum absolute atomic E-state index is 12.0. The fraction of sp³-hybridized carbons (Fsp3) is 0.562. The van der Waals surface area contributed by atoms with Gasteiger partial charge in [0.15, 0.2) is 0 Å². The molecule has 116 valence electrons. The standard InChI is InChI=1S/C16H26N4O/c1-4-19-7-9-20(10-8-19)15-6-5-13(17)11-14(15)18-16(21)12(2)3/h5-6,11-12H,4,7-10,17H2,1-3H3,(H,18,21). The SMILES string of the molecule is CCN1CCN(c2ccc(N)cc2NC(=O)C(C)C)CC1. The van der Waals surface area contributed by atoms with Gasteiger partial charge in [-0.2, -0.15) is 0 Å². The molecule has 1 aliphatic heterocycles. The van der Waals surface area contributed by atoms with Crippen molar-refractivity contribution in [3.63, 3.8) is 0 Å². The zero-order valence-electron chi connectivity index (χ0n) is 13.2. The Balaban J connectivity index is 2.17. The van der Waals surface area contributed by atoms with Crippen LogP contribution in [0.3, 0.4) is 0 Å². The number of benzene rings is 1. The number of hydrogen-bond donors (Lipinski definition) is 2.